The normalized spacial score (nSPS) is 14.0. The van der Waals surface area contributed by atoms with Crippen molar-refractivity contribution < 1.29 is 0 Å². The van der Waals surface area contributed by atoms with Crippen LogP contribution in [-0.2, 0) is 0 Å². The highest BCUT2D eigenvalue weighted by molar-refractivity contribution is 14.1. The Labute approximate surface area is 94.9 Å². The Hall–Kier alpha value is -0.250. The fraction of sp³-hybridized carbons (Fsp3) is 0.455. The van der Waals surface area contributed by atoms with Gasteiger partial charge in [-0.3, -0.25) is 0 Å². The molecule has 0 saturated heterocycles. The van der Waals surface area contributed by atoms with E-state index in [0.29, 0.717) is 5.70 Å². The molecule has 0 radical (unpaired) electrons. The highest BCUT2D eigenvalue weighted by Gasteiger charge is 2.00. The summed E-state index contributed by atoms with van der Waals surface area (Å²) in [6.07, 6.45) is 4.33. The van der Waals surface area contributed by atoms with E-state index in [-0.39, 0.29) is 0 Å². The molecule has 13 heavy (non-hydrogen) atoms. The van der Waals surface area contributed by atoms with Crippen molar-refractivity contribution in [1.82, 2.24) is 0 Å². The van der Waals surface area contributed by atoms with Crippen LogP contribution in [0.5, 0.6) is 0 Å². The van der Waals surface area contributed by atoms with Crippen LogP contribution in [0, 0.1) is 0 Å². The lowest BCUT2D eigenvalue weighted by Crippen LogP contribution is -2.00. The van der Waals surface area contributed by atoms with Crippen molar-refractivity contribution in [2.75, 3.05) is 0 Å². The molecule has 0 fully saturated rings. The van der Waals surface area contributed by atoms with E-state index in [1.165, 1.54) is 9.15 Å². The molecule has 0 bridgehead atoms. The van der Waals surface area contributed by atoms with Gasteiger partial charge in [0.1, 0.15) is 0 Å². The van der Waals surface area contributed by atoms with Gasteiger partial charge in [0.25, 0.3) is 0 Å². The van der Waals surface area contributed by atoms with Gasteiger partial charge >= 0.3 is 0 Å². The molecule has 74 valence electrons. The predicted octanol–water partition coefficient (Wildman–Crippen LogP) is 3.91. The first kappa shape index (κ1) is 12.8. The Kier molecular flexibility index (Phi) is 6.12. The van der Waals surface area contributed by atoms with Crippen LogP contribution < -0.4 is 5.73 Å². The van der Waals surface area contributed by atoms with Crippen LogP contribution in [0.15, 0.2) is 33.1 Å². The molecule has 0 aliphatic heterocycles. The van der Waals surface area contributed by atoms with Gasteiger partial charge in [0.2, 0.25) is 0 Å². The second kappa shape index (κ2) is 6.24. The first-order valence-electron chi connectivity index (χ1n) is 4.47. The third-order valence-electron chi connectivity index (χ3n) is 1.77. The minimum absolute atomic E-state index is 0.668. The van der Waals surface area contributed by atoms with E-state index in [1.807, 2.05) is 0 Å². The van der Waals surface area contributed by atoms with E-state index in [1.54, 1.807) is 0 Å². The molecule has 0 aromatic rings. The van der Waals surface area contributed by atoms with Crippen molar-refractivity contribution in [1.29, 1.82) is 0 Å². The summed E-state index contributed by atoms with van der Waals surface area (Å²) in [5.74, 6) is 0. The molecule has 1 nitrogen and oxygen atoms in total. The first-order chi connectivity index (χ1) is 5.99. The van der Waals surface area contributed by atoms with Crippen LogP contribution in [-0.4, -0.2) is 0 Å². The minimum Gasteiger partial charge on any atom is -0.399 e. The fourth-order valence-corrected chi connectivity index (χ4v) is 1.51. The minimum atomic E-state index is 0.668. The Morgan fingerprint density at radius 3 is 2.31 bits per heavy atom. The zero-order chi connectivity index (χ0) is 10.4. The van der Waals surface area contributed by atoms with Crippen LogP contribution in [0.3, 0.4) is 0 Å². The van der Waals surface area contributed by atoms with Crippen molar-refractivity contribution in [3.63, 3.8) is 0 Å². The summed E-state index contributed by atoms with van der Waals surface area (Å²) in [4.78, 5) is 0. The van der Waals surface area contributed by atoms with Crippen LogP contribution in [0.1, 0.15) is 33.6 Å². The van der Waals surface area contributed by atoms with E-state index in [9.17, 15) is 0 Å². The maximum absolute atomic E-state index is 5.72. The summed E-state index contributed by atoms with van der Waals surface area (Å²) in [5.41, 5.74) is 8.81. The van der Waals surface area contributed by atoms with Crippen molar-refractivity contribution in [3.05, 3.63) is 33.1 Å². The van der Waals surface area contributed by atoms with Gasteiger partial charge in [-0.2, -0.15) is 0 Å². The van der Waals surface area contributed by atoms with E-state index in [4.69, 9.17) is 5.73 Å². The lowest BCUT2D eigenvalue weighted by Gasteiger charge is -2.07. The summed E-state index contributed by atoms with van der Waals surface area (Å²) in [5, 5.41) is 0. The van der Waals surface area contributed by atoms with E-state index < -0.39 is 0 Å². The molecule has 0 rings (SSSR count). The standard InChI is InChI=1S/C11H18IN/c1-5-6-8(2)11(10(4)13)7-9(3)12/h7H,4-6,13H2,1-3H3/b9-7-,11-8-. The largest absolute Gasteiger partial charge is 0.399 e. The van der Waals surface area contributed by atoms with E-state index in [2.05, 4.69) is 56.0 Å². The molecule has 0 amide bonds. The molecule has 0 aromatic carbocycles. The molecular formula is C11H18IN. The van der Waals surface area contributed by atoms with Crippen molar-refractivity contribution >= 4 is 22.6 Å². The van der Waals surface area contributed by atoms with Gasteiger partial charge in [-0.1, -0.05) is 25.5 Å². The Balaban J connectivity index is 4.89. The topological polar surface area (TPSA) is 26.0 Å². The summed E-state index contributed by atoms with van der Waals surface area (Å²) >= 11 is 2.28. The second-order valence-corrected chi connectivity index (χ2v) is 4.90. The first-order valence-corrected chi connectivity index (χ1v) is 5.55. The lowest BCUT2D eigenvalue weighted by atomic mass is 10.0. The summed E-state index contributed by atoms with van der Waals surface area (Å²) < 4.78 is 1.23. The molecule has 0 aliphatic rings. The molecule has 0 aliphatic carbocycles. The number of halogens is 1. The summed E-state index contributed by atoms with van der Waals surface area (Å²) in [6, 6.07) is 0. The lowest BCUT2D eigenvalue weighted by molar-refractivity contribution is 0.896. The highest BCUT2D eigenvalue weighted by Crippen LogP contribution is 2.19. The van der Waals surface area contributed by atoms with Crippen LogP contribution >= 0.6 is 22.6 Å². The number of nitrogens with two attached hydrogens (primary N) is 1. The van der Waals surface area contributed by atoms with Crippen LogP contribution in [0.2, 0.25) is 0 Å². The number of rotatable bonds is 4. The maximum atomic E-state index is 5.72. The van der Waals surface area contributed by atoms with Gasteiger partial charge in [-0.25, -0.2) is 0 Å². The zero-order valence-corrected chi connectivity index (χ0v) is 10.8. The third kappa shape index (κ3) is 5.13. The second-order valence-electron chi connectivity index (χ2n) is 3.20. The smallest absolute Gasteiger partial charge is 0.0314 e. The Morgan fingerprint density at radius 2 is 2.00 bits per heavy atom. The Bertz CT molecular complexity index is 245. The van der Waals surface area contributed by atoms with Crippen molar-refractivity contribution in [2.45, 2.75) is 33.6 Å². The number of hydrogen-bond donors (Lipinski definition) is 1. The Morgan fingerprint density at radius 1 is 1.46 bits per heavy atom. The van der Waals surface area contributed by atoms with Gasteiger partial charge in [0.05, 0.1) is 0 Å². The van der Waals surface area contributed by atoms with Gasteiger partial charge < -0.3 is 5.73 Å². The van der Waals surface area contributed by atoms with Crippen LogP contribution in [0.25, 0.3) is 0 Å². The molecular weight excluding hydrogens is 273 g/mol. The monoisotopic (exact) mass is 291 g/mol. The number of hydrogen-bond acceptors (Lipinski definition) is 1. The van der Waals surface area contributed by atoms with Crippen molar-refractivity contribution in [3.8, 4) is 0 Å². The van der Waals surface area contributed by atoms with Gasteiger partial charge in [0, 0.05) is 5.70 Å². The molecule has 0 heterocycles. The third-order valence-corrected chi connectivity index (χ3v) is 2.09. The zero-order valence-electron chi connectivity index (χ0n) is 8.65. The molecule has 0 aromatic heterocycles. The highest BCUT2D eigenvalue weighted by atomic mass is 127. The SMILES string of the molecule is C=C(N)C(/C=C(/C)I)=C(/C)CCC. The molecule has 0 atom stereocenters. The van der Waals surface area contributed by atoms with Gasteiger partial charge in [-0.05, 0) is 58.1 Å². The fourth-order valence-electron chi connectivity index (χ4n) is 1.20. The summed E-state index contributed by atoms with van der Waals surface area (Å²) in [6.45, 7) is 10.1. The van der Waals surface area contributed by atoms with E-state index >= 15 is 0 Å². The van der Waals surface area contributed by atoms with Gasteiger partial charge in [-0.15, -0.1) is 0 Å². The maximum Gasteiger partial charge on any atom is 0.0314 e. The van der Waals surface area contributed by atoms with Gasteiger partial charge in [0.15, 0.2) is 0 Å². The quantitative estimate of drug-likeness (QED) is 0.616. The molecule has 2 N–H and O–H groups in total. The molecule has 0 spiro atoms. The van der Waals surface area contributed by atoms with Crippen molar-refractivity contribution in [2.24, 2.45) is 5.73 Å². The predicted molar refractivity (Wildman–Crippen MR) is 68.7 cm³/mol. The van der Waals surface area contributed by atoms with Crippen LogP contribution in [0.4, 0.5) is 0 Å². The summed E-state index contributed by atoms with van der Waals surface area (Å²) in [7, 11) is 0. The average molecular weight is 291 g/mol. The molecule has 0 unspecified atom stereocenters. The van der Waals surface area contributed by atoms with E-state index in [0.717, 1.165) is 18.4 Å². The number of allylic oxidation sites excluding steroid dienone is 3. The average Bonchev–Trinajstić information content (AvgIpc) is 1.99. The molecule has 0 saturated carbocycles. The molecule has 2 heteroatoms.